The predicted molar refractivity (Wildman–Crippen MR) is 83.6 cm³/mol. The number of imide groups is 1. The van der Waals surface area contributed by atoms with Gasteiger partial charge in [0.1, 0.15) is 5.54 Å². The van der Waals surface area contributed by atoms with Gasteiger partial charge in [-0.05, 0) is 38.3 Å². The van der Waals surface area contributed by atoms with Gasteiger partial charge in [0.15, 0.2) is 0 Å². The molecule has 3 aliphatic rings. The normalized spacial score (nSPS) is 31.3. The van der Waals surface area contributed by atoms with Crippen LogP contribution in [0.4, 0.5) is 10.5 Å². The van der Waals surface area contributed by atoms with Crippen molar-refractivity contribution in [3.8, 4) is 0 Å². The van der Waals surface area contributed by atoms with Crippen molar-refractivity contribution in [1.82, 2.24) is 9.80 Å². The van der Waals surface area contributed by atoms with Crippen molar-refractivity contribution in [3.63, 3.8) is 0 Å². The monoisotopic (exact) mass is 299 g/mol. The molecule has 0 spiro atoms. The summed E-state index contributed by atoms with van der Waals surface area (Å²) in [6.07, 6.45) is 2.59. The SMILES string of the molecule is CC12CCCN1C(=O)N(C1CCN(c3ccccc3)C1)C2=O. The predicted octanol–water partition coefficient (Wildman–Crippen LogP) is 2.08. The van der Waals surface area contributed by atoms with Crippen molar-refractivity contribution in [1.29, 1.82) is 0 Å². The Kier molecular flexibility index (Phi) is 2.93. The first-order valence-corrected chi connectivity index (χ1v) is 8.06. The Morgan fingerprint density at radius 3 is 2.64 bits per heavy atom. The number of fused-ring (bicyclic) bond motifs is 1. The average molecular weight is 299 g/mol. The van der Waals surface area contributed by atoms with Crippen LogP contribution in [0.25, 0.3) is 0 Å². The summed E-state index contributed by atoms with van der Waals surface area (Å²) in [5, 5.41) is 0. The summed E-state index contributed by atoms with van der Waals surface area (Å²) < 4.78 is 0. The molecule has 3 heterocycles. The zero-order chi connectivity index (χ0) is 15.3. The number of amides is 3. The maximum absolute atomic E-state index is 12.8. The number of para-hydroxylation sites is 1. The zero-order valence-corrected chi connectivity index (χ0v) is 12.9. The van der Waals surface area contributed by atoms with Crippen LogP contribution in [0.3, 0.4) is 0 Å². The van der Waals surface area contributed by atoms with Gasteiger partial charge in [0, 0.05) is 25.3 Å². The Labute approximate surface area is 130 Å². The first-order valence-electron chi connectivity index (χ1n) is 8.06. The molecule has 0 saturated carbocycles. The number of carbonyl (C=O) groups excluding carboxylic acids is 2. The largest absolute Gasteiger partial charge is 0.369 e. The van der Waals surface area contributed by atoms with E-state index >= 15 is 0 Å². The summed E-state index contributed by atoms with van der Waals surface area (Å²) in [5.74, 6) is 0.00918. The van der Waals surface area contributed by atoms with Gasteiger partial charge in [-0.1, -0.05) is 18.2 Å². The van der Waals surface area contributed by atoms with Crippen LogP contribution in [0.1, 0.15) is 26.2 Å². The van der Waals surface area contributed by atoms with Gasteiger partial charge in [-0.25, -0.2) is 4.79 Å². The van der Waals surface area contributed by atoms with Crippen LogP contribution >= 0.6 is 0 Å². The minimum absolute atomic E-state index is 0.00244. The fourth-order valence-electron chi connectivity index (χ4n) is 4.12. The Hall–Kier alpha value is -2.04. The van der Waals surface area contributed by atoms with E-state index in [2.05, 4.69) is 17.0 Å². The first-order chi connectivity index (χ1) is 10.6. The summed E-state index contributed by atoms with van der Waals surface area (Å²) in [6.45, 7) is 4.27. The highest BCUT2D eigenvalue weighted by molar-refractivity contribution is 6.07. The minimum Gasteiger partial charge on any atom is -0.369 e. The number of anilines is 1. The highest BCUT2D eigenvalue weighted by Crippen LogP contribution is 2.39. The molecular weight excluding hydrogens is 278 g/mol. The van der Waals surface area contributed by atoms with Crippen LogP contribution in [0.15, 0.2) is 30.3 Å². The average Bonchev–Trinajstić information content (AvgIpc) is 3.19. The molecule has 3 saturated heterocycles. The Bertz CT molecular complexity index is 618. The standard InChI is InChI=1S/C17H21N3O2/c1-17-9-5-10-19(17)16(22)20(15(17)21)14-8-11-18(12-14)13-6-3-2-4-7-13/h2-4,6-7,14H,5,8-12H2,1H3. The molecule has 22 heavy (non-hydrogen) atoms. The molecule has 0 radical (unpaired) electrons. The molecule has 0 aromatic heterocycles. The Balaban J connectivity index is 1.54. The van der Waals surface area contributed by atoms with E-state index in [0.717, 1.165) is 38.0 Å². The van der Waals surface area contributed by atoms with Crippen molar-refractivity contribution < 1.29 is 9.59 Å². The summed E-state index contributed by atoms with van der Waals surface area (Å²) in [7, 11) is 0. The lowest BCUT2D eigenvalue weighted by Gasteiger charge is -2.24. The fraction of sp³-hybridized carbons (Fsp3) is 0.529. The van der Waals surface area contributed by atoms with E-state index in [9.17, 15) is 9.59 Å². The number of urea groups is 1. The van der Waals surface area contributed by atoms with E-state index in [4.69, 9.17) is 0 Å². The second kappa shape index (κ2) is 4.73. The van der Waals surface area contributed by atoms with Crippen LogP contribution in [0.5, 0.6) is 0 Å². The van der Waals surface area contributed by atoms with Gasteiger partial charge in [-0.15, -0.1) is 0 Å². The van der Waals surface area contributed by atoms with E-state index in [1.807, 2.05) is 25.1 Å². The van der Waals surface area contributed by atoms with Gasteiger partial charge in [0.05, 0.1) is 6.04 Å². The van der Waals surface area contributed by atoms with Crippen LogP contribution in [-0.2, 0) is 4.79 Å². The molecule has 3 aliphatic heterocycles. The number of nitrogens with zero attached hydrogens (tertiary/aromatic N) is 3. The fourth-order valence-corrected chi connectivity index (χ4v) is 4.12. The lowest BCUT2D eigenvalue weighted by Crippen LogP contribution is -2.45. The smallest absolute Gasteiger partial charge is 0.327 e. The Morgan fingerprint density at radius 2 is 1.91 bits per heavy atom. The van der Waals surface area contributed by atoms with E-state index in [-0.39, 0.29) is 18.0 Å². The van der Waals surface area contributed by atoms with Gasteiger partial charge in [0.2, 0.25) is 0 Å². The van der Waals surface area contributed by atoms with Gasteiger partial charge in [-0.2, -0.15) is 0 Å². The number of hydrogen-bond donors (Lipinski definition) is 0. The van der Waals surface area contributed by atoms with E-state index in [0.29, 0.717) is 6.54 Å². The van der Waals surface area contributed by atoms with Gasteiger partial charge < -0.3 is 9.80 Å². The first kappa shape index (κ1) is 13.6. The molecule has 4 rings (SSSR count). The molecule has 1 aromatic rings. The number of hydrogen-bond acceptors (Lipinski definition) is 3. The van der Waals surface area contributed by atoms with Crippen molar-refractivity contribution in [2.45, 2.75) is 37.8 Å². The molecule has 3 fully saturated rings. The molecular formula is C17H21N3O2. The van der Waals surface area contributed by atoms with Crippen molar-refractivity contribution in [3.05, 3.63) is 30.3 Å². The van der Waals surface area contributed by atoms with Gasteiger partial charge in [0.25, 0.3) is 5.91 Å². The van der Waals surface area contributed by atoms with Gasteiger partial charge >= 0.3 is 6.03 Å². The summed E-state index contributed by atoms with van der Waals surface area (Å²) in [6, 6.07) is 10.1. The molecule has 0 N–H and O–H groups in total. The second-order valence-electron chi connectivity index (χ2n) is 6.71. The zero-order valence-electron chi connectivity index (χ0n) is 12.9. The molecule has 0 bridgehead atoms. The van der Waals surface area contributed by atoms with Crippen LogP contribution in [0.2, 0.25) is 0 Å². The lowest BCUT2D eigenvalue weighted by atomic mass is 9.99. The van der Waals surface area contributed by atoms with Crippen LogP contribution in [-0.4, -0.2) is 53.0 Å². The Morgan fingerprint density at radius 1 is 1.14 bits per heavy atom. The summed E-state index contributed by atoms with van der Waals surface area (Å²) in [5.41, 5.74) is 0.577. The molecule has 5 heteroatoms. The van der Waals surface area contributed by atoms with Crippen molar-refractivity contribution >= 4 is 17.6 Å². The number of rotatable bonds is 2. The van der Waals surface area contributed by atoms with Crippen LogP contribution in [0, 0.1) is 0 Å². The molecule has 1 aromatic carbocycles. The third-order valence-corrected chi connectivity index (χ3v) is 5.41. The van der Waals surface area contributed by atoms with E-state index in [1.54, 1.807) is 9.80 Å². The maximum Gasteiger partial charge on any atom is 0.327 e. The molecule has 0 aliphatic carbocycles. The highest BCUT2D eigenvalue weighted by Gasteiger charge is 2.58. The molecule has 5 nitrogen and oxygen atoms in total. The third kappa shape index (κ3) is 1.77. The number of benzene rings is 1. The molecule has 2 atom stereocenters. The van der Waals surface area contributed by atoms with Gasteiger partial charge in [-0.3, -0.25) is 9.69 Å². The summed E-state index contributed by atoms with van der Waals surface area (Å²) >= 11 is 0. The molecule has 2 unspecified atom stereocenters. The van der Waals surface area contributed by atoms with Crippen molar-refractivity contribution in [2.75, 3.05) is 24.5 Å². The molecule has 116 valence electrons. The topological polar surface area (TPSA) is 43.9 Å². The minimum atomic E-state index is -0.586. The third-order valence-electron chi connectivity index (χ3n) is 5.41. The van der Waals surface area contributed by atoms with E-state index < -0.39 is 5.54 Å². The van der Waals surface area contributed by atoms with Crippen molar-refractivity contribution in [2.24, 2.45) is 0 Å². The van der Waals surface area contributed by atoms with Crippen LogP contribution < -0.4 is 4.90 Å². The highest BCUT2D eigenvalue weighted by atomic mass is 16.2. The lowest BCUT2D eigenvalue weighted by molar-refractivity contribution is -0.133. The van der Waals surface area contributed by atoms with E-state index in [1.165, 1.54) is 0 Å². The summed E-state index contributed by atoms with van der Waals surface area (Å²) in [4.78, 5) is 31.0. The molecule has 3 amide bonds. The second-order valence-corrected chi connectivity index (χ2v) is 6.71. The quantitative estimate of drug-likeness (QED) is 0.785. The maximum atomic E-state index is 12.8. The number of carbonyl (C=O) groups is 2.